The molecule has 3 rings (SSSR count). The van der Waals surface area contributed by atoms with Crippen molar-refractivity contribution in [2.45, 2.75) is 58.2 Å². The first kappa shape index (κ1) is 22.9. The second kappa shape index (κ2) is 8.77. The SMILES string of the molecule is CCC1(NC(=O)c2cc(-c3cnc(NC(C)C)c(=O)n3CC(=O)O)cc([N+](=O)[O-])c2)CC1. The van der Waals surface area contributed by atoms with Crippen LogP contribution in [0.1, 0.15) is 50.4 Å². The number of benzene rings is 1. The van der Waals surface area contributed by atoms with Crippen molar-refractivity contribution in [3.63, 3.8) is 0 Å². The molecule has 11 heteroatoms. The fourth-order valence-corrected chi connectivity index (χ4v) is 3.41. The van der Waals surface area contributed by atoms with Crippen LogP contribution in [0.25, 0.3) is 11.3 Å². The third-order valence-corrected chi connectivity index (χ3v) is 5.37. The number of carboxylic acid groups (broad SMARTS) is 1. The summed E-state index contributed by atoms with van der Waals surface area (Å²) in [6, 6.07) is 3.62. The second-order valence-electron chi connectivity index (χ2n) is 8.19. The van der Waals surface area contributed by atoms with Crippen LogP contribution < -0.4 is 16.2 Å². The summed E-state index contributed by atoms with van der Waals surface area (Å²) in [6.07, 6.45) is 3.68. The van der Waals surface area contributed by atoms with Gasteiger partial charge < -0.3 is 15.7 Å². The topological polar surface area (TPSA) is 156 Å². The predicted molar refractivity (Wildman–Crippen MR) is 117 cm³/mol. The quantitative estimate of drug-likeness (QED) is 0.394. The summed E-state index contributed by atoms with van der Waals surface area (Å²) in [5, 5.41) is 26.6. The molecule has 0 atom stereocenters. The Morgan fingerprint density at radius 2 is 2.00 bits per heavy atom. The molecule has 1 aliphatic carbocycles. The summed E-state index contributed by atoms with van der Waals surface area (Å²) in [5.41, 5.74) is -1.08. The molecular formula is C21H25N5O6. The number of hydrogen-bond acceptors (Lipinski definition) is 7. The summed E-state index contributed by atoms with van der Waals surface area (Å²) in [5.74, 6) is -1.77. The van der Waals surface area contributed by atoms with Gasteiger partial charge in [-0.15, -0.1) is 0 Å². The summed E-state index contributed by atoms with van der Waals surface area (Å²) < 4.78 is 0.967. The zero-order valence-corrected chi connectivity index (χ0v) is 18.0. The largest absolute Gasteiger partial charge is 0.480 e. The third-order valence-electron chi connectivity index (χ3n) is 5.37. The van der Waals surface area contributed by atoms with Crippen molar-refractivity contribution < 1.29 is 19.6 Å². The lowest BCUT2D eigenvalue weighted by atomic mass is 10.0. The first-order chi connectivity index (χ1) is 15.0. The highest BCUT2D eigenvalue weighted by molar-refractivity contribution is 5.97. The van der Waals surface area contributed by atoms with E-state index in [9.17, 15) is 29.6 Å². The molecule has 1 saturated carbocycles. The van der Waals surface area contributed by atoms with Crippen LogP contribution in [0.3, 0.4) is 0 Å². The number of hydrogen-bond donors (Lipinski definition) is 3. The number of anilines is 1. The number of carboxylic acids is 1. The average Bonchev–Trinajstić information content (AvgIpc) is 3.50. The Balaban J connectivity index is 2.13. The van der Waals surface area contributed by atoms with E-state index in [1.807, 2.05) is 6.92 Å². The molecule has 170 valence electrons. The van der Waals surface area contributed by atoms with E-state index in [-0.39, 0.29) is 39.9 Å². The van der Waals surface area contributed by atoms with Crippen molar-refractivity contribution in [2.75, 3.05) is 5.32 Å². The van der Waals surface area contributed by atoms with Crippen molar-refractivity contribution >= 4 is 23.4 Å². The van der Waals surface area contributed by atoms with Crippen LogP contribution in [0.4, 0.5) is 11.5 Å². The maximum Gasteiger partial charge on any atom is 0.323 e. The number of aliphatic carboxylic acids is 1. The zero-order valence-electron chi connectivity index (χ0n) is 18.0. The molecule has 3 N–H and O–H groups in total. The van der Waals surface area contributed by atoms with Crippen molar-refractivity contribution in [1.29, 1.82) is 0 Å². The Morgan fingerprint density at radius 3 is 2.53 bits per heavy atom. The minimum Gasteiger partial charge on any atom is -0.480 e. The Hall–Kier alpha value is -3.76. The van der Waals surface area contributed by atoms with Gasteiger partial charge in [0.15, 0.2) is 5.82 Å². The van der Waals surface area contributed by atoms with E-state index in [1.165, 1.54) is 18.3 Å². The molecule has 0 spiro atoms. The van der Waals surface area contributed by atoms with Gasteiger partial charge in [0, 0.05) is 34.8 Å². The molecule has 1 aliphatic rings. The lowest BCUT2D eigenvalue weighted by molar-refractivity contribution is -0.384. The molecule has 1 aromatic carbocycles. The number of nitro groups is 1. The molecule has 2 aromatic rings. The Bertz CT molecular complexity index is 1140. The van der Waals surface area contributed by atoms with Crippen LogP contribution in [0, 0.1) is 10.1 Å². The number of carbonyl (C=O) groups is 2. The van der Waals surface area contributed by atoms with Gasteiger partial charge in [0.2, 0.25) is 0 Å². The summed E-state index contributed by atoms with van der Waals surface area (Å²) >= 11 is 0. The van der Waals surface area contributed by atoms with Gasteiger partial charge in [0.25, 0.3) is 17.2 Å². The number of nitrogens with one attached hydrogen (secondary N) is 2. The standard InChI is InChI=1S/C21H25N5O6/c1-4-21(5-6-21)24-19(29)14-7-13(8-15(9-14)26(31)32)16-10-22-18(23-12(2)3)20(30)25(16)11-17(27)28/h7-10,12H,4-6,11H2,1-3H3,(H,22,23)(H,24,29)(H,27,28). The number of nitro benzene ring substituents is 1. The van der Waals surface area contributed by atoms with Gasteiger partial charge in [-0.25, -0.2) is 4.98 Å². The number of carbonyl (C=O) groups excluding carboxylic acids is 1. The lowest BCUT2D eigenvalue weighted by Gasteiger charge is -2.17. The van der Waals surface area contributed by atoms with Crippen LogP contribution in [-0.2, 0) is 11.3 Å². The van der Waals surface area contributed by atoms with E-state index >= 15 is 0 Å². The first-order valence-corrected chi connectivity index (χ1v) is 10.3. The van der Waals surface area contributed by atoms with Gasteiger partial charge in [0.05, 0.1) is 16.8 Å². The van der Waals surface area contributed by atoms with E-state index in [1.54, 1.807) is 13.8 Å². The molecule has 0 aliphatic heterocycles. The Labute approximate surface area is 183 Å². The predicted octanol–water partition coefficient (Wildman–Crippen LogP) is 2.40. The van der Waals surface area contributed by atoms with Crippen molar-refractivity contribution in [1.82, 2.24) is 14.9 Å². The molecule has 0 unspecified atom stereocenters. The fraction of sp³-hybridized carbons (Fsp3) is 0.429. The molecule has 1 aromatic heterocycles. The number of amides is 1. The van der Waals surface area contributed by atoms with Gasteiger partial charge in [-0.2, -0.15) is 0 Å². The highest BCUT2D eigenvalue weighted by atomic mass is 16.6. The van der Waals surface area contributed by atoms with Gasteiger partial charge in [-0.3, -0.25) is 29.1 Å². The molecule has 32 heavy (non-hydrogen) atoms. The Morgan fingerprint density at radius 1 is 1.31 bits per heavy atom. The molecule has 0 saturated heterocycles. The number of rotatable bonds is 9. The number of aromatic nitrogens is 2. The van der Waals surface area contributed by atoms with E-state index in [0.717, 1.165) is 29.9 Å². The normalized spacial score (nSPS) is 14.1. The molecule has 0 bridgehead atoms. The highest BCUT2D eigenvalue weighted by Gasteiger charge is 2.42. The van der Waals surface area contributed by atoms with Crippen LogP contribution in [0.15, 0.2) is 29.2 Å². The lowest BCUT2D eigenvalue weighted by Crippen LogP contribution is -2.36. The first-order valence-electron chi connectivity index (χ1n) is 10.3. The summed E-state index contributed by atoms with van der Waals surface area (Å²) in [7, 11) is 0. The minimum atomic E-state index is -1.27. The van der Waals surface area contributed by atoms with Gasteiger partial charge in [0.1, 0.15) is 6.54 Å². The third kappa shape index (κ3) is 4.93. The summed E-state index contributed by atoms with van der Waals surface area (Å²) in [4.78, 5) is 52.0. The van der Waals surface area contributed by atoms with Crippen molar-refractivity contribution in [3.8, 4) is 11.3 Å². The van der Waals surface area contributed by atoms with Crippen LogP contribution in [0.2, 0.25) is 0 Å². The van der Waals surface area contributed by atoms with E-state index in [2.05, 4.69) is 15.6 Å². The van der Waals surface area contributed by atoms with E-state index < -0.39 is 28.9 Å². The second-order valence-corrected chi connectivity index (χ2v) is 8.19. The van der Waals surface area contributed by atoms with Gasteiger partial charge >= 0.3 is 5.97 Å². The Kier molecular flexibility index (Phi) is 6.28. The molecule has 1 amide bonds. The summed E-state index contributed by atoms with van der Waals surface area (Å²) in [6.45, 7) is 4.87. The van der Waals surface area contributed by atoms with E-state index in [0.29, 0.717) is 0 Å². The van der Waals surface area contributed by atoms with Gasteiger partial charge in [-0.05, 0) is 39.2 Å². The number of non-ortho nitro benzene ring substituents is 1. The maximum atomic E-state index is 12.9. The minimum absolute atomic E-state index is 0.0352. The average molecular weight is 443 g/mol. The molecule has 0 radical (unpaired) electrons. The van der Waals surface area contributed by atoms with Gasteiger partial charge in [-0.1, -0.05) is 6.92 Å². The molecule has 1 heterocycles. The zero-order chi connectivity index (χ0) is 23.6. The smallest absolute Gasteiger partial charge is 0.323 e. The fourth-order valence-electron chi connectivity index (χ4n) is 3.41. The maximum absolute atomic E-state index is 12.9. The number of nitrogens with zero attached hydrogens (tertiary/aromatic N) is 3. The van der Waals surface area contributed by atoms with E-state index in [4.69, 9.17) is 0 Å². The van der Waals surface area contributed by atoms with Crippen LogP contribution in [-0.4, -0.2) is 43.0 Å². The van der Waals surface area contributed by atoms with Crippen LogP contribution in [0.5, 0.6) is 0 Å². The molecule has 11 nitrogen and oxygen atoms in total. The highest BCUT2D eigenvalue weighted by Crippen LogP contribution is 2.38. The molecule has 1 fully saturated rings. The monoisotopic (exact) mass is 443 g/mol. The molecular weight excluding hydrogens is 418 g/mol. The van der Waals surface area contributed by atoms with Crippen LogP contribution >= 0.6 is 0 Å². The van der Waals surface area contributed by atoms with Crippen molar-refractivity contribution in [3.05, 3.63) is 50.4 Å². The van der Waals surface area contributed by atoms with Crippen molar-refractivity contribution in [2.24, 2.45) is 0 Å².